The van der Waals surface area contributed by atoms with Crippen molar-refractivity contribution in [2.45, 2.75) is 13.8 Å². The Bertz CT molecular complexity index is 431. The van der Waals surface area contributed by atoms with Gasteiger partial charge in [-0.05, 0) is 36.4 Å². The predicted molar refractivity (Wildman–Crippen MR) is 53.5 cm³/mol. The molecule has 2 heterocycles. The standard InChI is InChI=1S/C9H10N2S/c1-5-6(2)9(10)11-7-3-4-12-8(5)7/h3-4H,1-2H3,(H2,10,11). The van der Waals surface area contributed by atoms with Gasteiger partial charge in [-0.1, -0.05) is 0 Å². The number of rotatable bonds is 0. The van der Waals surface area contributed by atoms with E-state index < -0.39 is 0 Å². The number of nitrogens with two attached hydrogens (primary N) is 1. The van der Waals surface area contributed by atoms with Crippen LogP contribution in [0.3, 0.4) is 0 Å². The first-order chi connectivity index (χ1) is 5.70. The summed E-state index contributed by atoms with van der Waals surface area (Å²) in [4.78, 5) is 4.28. The summed E-state index contributed by atoms with van der Waals surface area (Å²) in [5.41, 5.74) is 9.11. The van der Waals surface area contributed by atoms with Crippen LogP contribution in [0, 0.1) is 13.8 Å². The van der Waals surface area contributed by atoms with Crippen molar-refractivity contribution < 1.29 is 0 Å². The van der Waals surface area contributed by atoms with Gasteiger partial charge in [-0.25, -0.2) is 4.98 Å². The van der Waals surface area contributed by atoms with Crippen LogP contribution >= 0.6 is 11.3 Å². The molecule has 0 unspecified atom stereocenters. The molecule has 2 nitrogen and oxygen atoms in total. The molecule has 0 radical (unpaired) electrons. The smallest absolute Gasteiger partial charge is 0.127 e. The van der Waals surface area contributed by atoms with E-state index in [9.17, 15) is 0 Å². The van der Waals surface area contributed by atoms with Gasteiger partial charge in [0.2, 0.25) is 0 Å². The predicted octanol–water partition coefficient (Wildman–Crippen LogP) is 2.50. The van der Waals surface area contributed by atoms with Gasteiger partial charge in [0.25, 0.3) is 0 Å². The third-order valence-corrected chi connectivity index (χ3v) is 3.20. The number of thiophene rings is 1. The normalized spacial score (nSPS) is 10.8. The molecule has 0 saturated carbocycles. The number of anilines is 1. The summed E-state index contributed by atoms with van der Waals surface area (Å²) in [6, 6.07) is 2.00. The quantitative estimate of drug-likeness (QED) is 0.673. The first-order valence-electron chi connectivity index (χ1n) is 3.80. The zero-order valence-electron chi connectivity index (χ0n) is 7.09. The van der Waals surface area contributed by atoms with Gasteiger partial charge in [0.05, 0.1) is 10.2 Å². The van der Waals surface area contributed by atoms with E-state index in [0.717, 1.165) is 11.1 Å². The molecule has 2 aromatic rings. The molecule has 62 valence electrons. The number of aryl methyl sites for hydroxylation is 1. The lowest BCUT2D eigenvalue weighted by Gasteiger charge is -2.03. The highest BCUT2D eigenvalue weighted by molar-refractivity contribution is 7.17. The fourth-order valence-corrected chi connectivity index (χ4v) is 2.14. The van der Waals surface area contributed by atoms with Crippen LogP contribution in [0.25, 0.3) is 10.2 Å². The largest absolute Gasteiger partial charge is 0.383 e. The highest BCUT2D eigenvalue weighted by atomic mass is 32.1. The van der Waals surface area contributed by atoms with Crippen molar-refractivity contribution in [2.24, 2.45) is 0 Å². The van der Waals surface area contributed by atoms with Crippen molar-refractivity contribution in [2.75, 3.05) is 5.73 Å². The monoisotopic (exact) mass is 178 g/mol. The zero-order valence-corrected chi connectivity index (χ0v) is 7.90. The Morgan fingerprint density at radius 1 is 1.33 bits per heavy atom. The van der Waals surface area contributed by atoms with Gasteiger partial charge >= 0.3 is 0 Å². The van der Waals surface area contributed by atoms with E-state index in [0.29, 0.717) is 5.82 Å². The van der Waals surface area contributed by atoms with E-state index in [-0.39, 0.29) is 0 Å². The molecule has 2 N–H and O–H groups in total. The maximum absolute atomic E-state index is 5.74. The molecule has 3 heteroatoms. The summed E-state index contributed by atoms with van der Waals surface area (Å²) in [5, 5.41) is 2.05. The fraction of sp³-hybridized carbons (Fsp3) is 0.222. The number of nitrogen functional groups attached to an aromatic ring is 1. The summed E-state index contributed by atoms with van der Waals surface area (Å²) >= 11 is 1.72. The maximum Gasteiger partial charge on any atom is 0.127 e. The second kappa shape index (κ2) is 2.45. The molecule has 0 aliphatic heterocycles. The molecule has 0 amide bonds. The van der Waals surface area contributed by atoms with E-state index in [2.05, 4.69) is 11.9 Å². The van der Waals surface area contributed by atoms with Gasteiger partial charge in [0.1, 0.15) is 5.82 Å². The Kier molecular flexibility index (Phi) is 1.54. The lowest BCUT2D eigenvalue weighted by Crippen LogP contribution is -1.95. The topological polar surface area (TPSA) is 38.9 Å². The van der Waals surface area contributed by atoms with Crippen LogP contribution in [-0.4, -0.2) is 4.98 Å². The summed E-state index contributed by atoms with van der Waals surface area (Å²) in [6.07, 6.45) is 0. The summed E-state index contributed by atoms with van der Waals surface area (Å²) in [5.74, 6) is 0.651. The van der Waals surface area contributed by atoms with E-state index >= 15 is 0 Å². The number of nitrogens with zero attached hydrogens (tertiary/aromatic N) is 1. The molecule has 0 spiro atoms. The second-order valence-corrected chi connectivity index (χ2v) is 3.80. The highest BCUT2D eigenvalue weighted by Crippen LogP contribution is 2.27. The minimum absolute atomic E-state index is 0.651. The molecule has 0 fully saturated rings. The molecule has 0 atom stereocenters. The fourth-order valence-electron chi connectivity index (χ4n) is 1.25. The van der Waals surface area contributed by atoms with E-state index in [1.54, 1.807) is 11.3 Å². The molecular formula is C9H10N2S. The van der Waals surface area contributed by atoms with Gasteiger partial charge in [0.15, 0.2) is 0 Å². The van der Waals surface area contributed by atoms with Crippen molar-refractivity contribution in [1.29, 1.82) is 0 Å². The minimum atomic E-state index is 0.651. The first kappa shape index (κ1) is 7.55. The molecule has 2 rings (SSSR count). The van der Waals surface area contributed by atoms with Crippen molar-refractivity contribution in [3.05, 3.63) is 22.6 Å². The average Bonchev–Trinajstić information content (AvgIpc) is 2.48. The van der Waals surface area contributed by atoms with Gasteiger partial charge in [-0.2, -0.15) is 0 Å². The van der Waals surface area contributed by atoms with Gasteiger partial charge in [-0.3, -0.25) is 0 Å². The lowest BCUT2D eigenvalue weighted by atomic mass is 10.1. The van der Waals surface area contributed by atoms with Crippen LogP contribution in [0.15, 0.2) is 11.4 Å². The SMILES string of the molecule is Cc1c(N)nc2ccsc2c1C. The Hall–Kier alpha value is -1.09. The minimum Gasteiger partial charge on any atom is -0.383 e. The lowest BCUT2D eigenvalue weighted by molar-refractivity contribution is 1.30. The molecule has 0 aliphatic rings. The number of hydrogen-bond acceptors (Lipinski definition) is 3. The van der Waals surface area contributed by atoms with E-state index in [1.165, 1.54) is 10.3 Å². The highest BCUT2D eigenvalue weighted by Gasteiger charge is 2.05. The molecule has 12 heavy (non-hydrogen) atoms. The Labute approximate surface area is 75.0 Å². The Morgan fingerprint density at radius 2 is 2.08 bits per heavy atom. The maximum atomic E-state index is 5.74. The number of fused-ring (bicyclic) bond motifs is 1. The summed E-state index contributed by atoms with van der Waals surface area (Å²) in [6.45, 7) is 4.10. The van der Waals surface area contributed by atoms with Crippen LogP contribution in [-0.2, 0) is 0 Å². The van der Waals surface area contributed by atoms with Gasteiger partial charge in [0, 0.05) is 0 Å². The number of pyridine rings is 1. The van der Waals surface area contributed by atoms with Crippen molar-refractivity contribution >= 4 is 27.4 Å². The van der Waals surface area contributed by atoms with Crippen molar-refractivity contribution in [3.63, 3.8) is 0 Å². The van der Waals surface area contributed by atoms with Crippen molar-refractivity contribution in [1.82, 2.24) is 4.98 Å². The van der Waals surface area contributed by atoms with Crippen LogP contribution in [0.1, 0.15) is 11.1 Å². The first-order valence-corrected chi connectivity index (χ1v) is 4.68. The van der Waals surface area contributed by atoms with Gasteiger partial charge < -0.3 is 5.73 Å². The van der Waals surface area contributed by atoms with E-state index in [1.807, 2.05) is 18.4 Å². The Balaban J connectivity index is 2.94. The van der Waals surface area contributed by atoms with E-state index in [4.69, 9.17) is 5.73 Å². The third kappa shape index (κ3) is 0.898. The number of aromatic nitrogens is 1. The van der Waals surface area contributed by atoms with Crippen LogP contribution < -0.4 is 5.73 Å². The molecule has 0 saturated heterocycles. The van der Waals surface area contributed by atoms with Gasteiger partial charge in [-0.15, -0.1) is 11.3 Å². The second-order valence-electron chi connectivity index (χ2n) is 2.88. The Morgan fingerprint density at radius 3 is 2.83 bits per heavy atom. The molecule has 0 bridgehead atoms. The van der Waals surface area contributed by atoms with Crippen molar-refractivity contribution in [3.8, 4) is 0 Å². The summed E-state index contributed by atoms with van der Waals surface area (Å²) < 4.78 is 1.25. The van der Waals surface area contributed by atoms with Crippen LogP contribution in [0.5, 0.6) is 0 Å². The number of hydrogen-bond donors (Lipinski definition) is 1. The average molecular weight is 178 g/mol. The third-order valence-electron chi connectivity index (χ3n) is 2.17. The molecule has 0 aromatic carbocycles. The molecule has 0 aliphatic carbocycles. The van der Waals surface area contributed by atoms with Crippen LogP contribution in [0.2, 0.25) is 0 Å². The van der Waals surface area contributed by atoms with Crippen LogP contribution in [0.4, 0.5) is 5.82 Å². The molecule has 2 aromatic heterocycles. The summed E-state index contributed by atoms with van der Waals surface area (Å²) in [7, 11) is 0. The zero-order chi connectivity index (χ0) is 8.72. The molecular weight excluding hydrogens is 168 g/mol.